The van der Waals surface area contributed by atoms with Crippen LogP contribution in [0.2, 0.25) is 0 Å². The van der Waals surface area contributed by atoms with Crippen LogP contribution in [0.5, 0.6) is 0 Å². The highest BCUT2D eigenvalue weighted by Crippen LogP contribution is 2.29. The van der Waals surface area contributed by atoms with E-state index in [0.717, 1.165) is 22.0 Å². The molecular formula is C14H16F2N2S. The maximum atomic E-state index is 12.4. The van der Waals surface area contributed by atoms with Gasteiger partial charge in [-0.3, -0.25) is 4.68 Å². The minimum absolute atomic E-state index is 0.335. The second-order valence-corrected chi connectivity index (χ2v) is 5.33. The first-order chi connectivity index (χ1) is 9.08. The van der Waals surface area contributed by atoms with E-state index < -0.39 is 6.43 Å². The second kappa shape index (κ2) is 6.19. The van der Waals surface area contributed by atoms with Crippen molar-refractivity contribution in [1.82, 2.24) is 9.78 Å². The molecule has 19 heavy (non-hydrogen) atoms. The summed E-state index contributed by atoms with van der Waals surface area (Å²) in [6, 6.07) is 10.1. The second-order valence-electron chi connectivity index (χ2n) is 4.35. The normalized spacial score (nSPS) is 11.2. The lowest BCUT2D eigenvalue weighted by molar-refractivity contribution is 0.120. The zero-order chi connectivity index (χ0) is 13.8. The average Bonchev–Trinajstić information content (AvgIpc) is 2.63. The van der Waals surface area contributed by atoms with Gasteiger partial charge in [0.15, 0.2) is 0 Å². The Morgan fingerprint density at radius 3 is 2.53 bits per heavy atom. The van der Waals surface area contributed by atoms with Crippen molar-refractivity contribution in [3.8, 4) is 0 Å². The molecule has 2 aromatic rings. The molecule has 0 aliphatic rings. The highest BCUT2D eigenvalue weighted by molar-refractivity contribution is 7.98. The van der Waals surface area contributed by atoms with Gasteiger partial charge in [-0.05, 0) is 19.4 Å². The summed E-state index contributed by atoms with van der Waals surface area (Å²) in [5, 5.41) is 4.18. The Kier molecular flexibility index (Phi) is 4.58. The van der Waals surface area contributed by atoms with Crippen molar-refractivity contribution in [2.24, 2.45) is 0 Å². The number of benzene rings is 1. The summed E-state index contributed by atoms with van der Waals surface area (Å²) in [6.07, 6.45) is -2.37. The average molecular weight is 282 g/mol. The van der Waals surface area contributed by atoms with E-state index >= 15 is 0 Å². The summed E-state index contributed by atoms with van der Waals surface area (Å²) >= 11 is 1.65. The van der Waals surface area contributed by atoms with Gasteiger partial charge in [0.05, 0.1) is 10.6 Å². The number of alkyl halides is 2. The van der Waals surface area contributed by atoms with Crippen molar-refractivity contribution in [3.63, 3.8) is 0 Å². The van der Waals surface area contributed by atoms with Gasteiger partial charge in [0.25, 0.3) is 6.43 Å². The maximum Gasteiger partial charge on any atom is 0.257 e. The van der Waals surface area contributed by atoms with E-state index in [9.17, 15) is 8.78 Å². The van der Waals surface area contributed by atoms with Crippen LogP contribution in [0.4, 0.5) is 8.78 Å². The molecule has 0 fully saturated rings. The minimum Gasteiger partial charge on any atom is -0.263 e. The Bertz CT molecular complexity index is 538. The maximum absolute atomic E-state index is 12.4. The molecule has 0 radical (unpaired) electrons. The Hall–Kier alpha value is -1.36. The zero-order valence-electron chi connectivity index (χ0n) is 10.9. The van der Waals surface area contributed by atoms with E-state index in [1.807, 2.05) is 32.0 Å². The quantitative estimate of drug-likeness (QED) is 0.770. The van der Waals surface area contributed by atoms with Gasteiger partial charge < -0.3 is 0 Å². The Labute approximate surface area is 115 Å². The summed E-state index contributed by atoms with van der Waals surface area (Å²) in [4.78, 5) is 1.00. The first-order valence-corrected chi connectivity index (χ1v) is 7.05. The molecule has 1 heterocycles. The number of halogens is 2. The van der Waals surface area contributed by atoms with Gasteiger partial charge in [-0.1, -0.05) is 30.3 Å². The van der Waals surface area contributed by atoms with Crippen LogP contribution < -0.4 is 0 Å². The Morgan fingerprint density at radius 2 is 1.89 bits per heavy atom. The first-order valence-electron chi connectivity index (χ1n) is 6.07. The minimum atomic E-state index is -2.37. The number of hydrogen-bond acceptors (Lipinski definition) is 2. The summed E-state index contributed by atoms with van der Waals surface area (Å²) in [5.74, 6) is 0.822. The smallest absolute Gasteiger partial charge is 0.257 e. The predicted octanol–water partition coefficient (Wildman–Crippen LogP) is 4.06. The molecule has 1 aromatic heterocycles. The van der Waals surface area contributed by atoms with Crippen molar-refractivity contribution in [3.05, 3.63) is 47.3 Å². The topological polar surface area (TPSA) is 17.8 Å². The van der Waals surface area contributed by atoms with E-state index in [0.29, 0.717) is 0 Å². The third-order valence-corrected chi connectivity index (χ3v) is 4.21. The SMILES string of the molecule is Cc1nn(CC(F)F)c(C)c1SCc1ccccc1. The van der Waals surface area contributed by atoms with Crippen molar-refractivity contribution < 1.29 is 8.78 Å². The van der Waals surface area contributed by atoms with Crippen LogP contribution in [0, 0.1) is 13.8 Å². The van der Waals surface area contributed by atoms with Crippen LogP contribution in [0.25, 0.3) is 0 Å². The molecule has 0 aliphatic carbocycles. The number of hydrogen-bond donors (Lipinski definition) is 0. The number of thioether (sulfide) groups is 1. The third kappa shape index (κ3) is 3.56. The molecule has 0 amide bonds. The summed E-state index contributed by atoms with van der Waals surface area (Å²) < 4.78 is 26.2. The largest absolute Gasteiger partial charge is 0.263 e. The molecule has 0 bridgehead atoms. The third-order valence-electron chi connectivity index (χ3n) is 2.85. The van der Waals surface area contributed by atoms with E-state index in [1.54, 1.807) is 11.8 Å². The molecule has 0 spiro atoms. The van der Waals surface area contributed by atoms with E-state index in [2.05, 4.69) is 17.2 Å². The van der Waals surface area contributed by atoms with Crippen LogP contribution in [0.15, 0.2) is 35.2 Å². The van der Waals surface area contributed by atoms with Gasteiger partial charge >= 0.3 is 0 Å². The van der Waals surface area contributed by atoms with Crippen LogP contribution in [-0.4, -0.2) is 16.2 Å². The van der Waals surface area contributed by atoms with Gasteiger partial charge in [0, 0.05) is 11.4 Å². The van der Waals surface area contributed by atoms with Gasteiger partial charge in [-0.2, -0.15) is 5.10 Å². The highest BCUT2D eigenvalue weighted by atomic mass is 32.2. The molecule has 0 atom stereocenters. The van der Waals surface area contributed by atoms with Crippen LogP contribution in [0.3, 0.4) is 0 Å². The first kappa shape index (κ1) is 14.1. The fourth-order valence-corrected chi connectivity index (χ4v) is 3.00. The molecule has 0 N–H and O–H groups in total. The molecule has 102 valence electrons. The fraction of sp³-hybridized carbons (Fsp3) is 0.357. The van der Waals surface area contributed by atoms with Gasteiger partial charge in [-0.15, -0.1) is 11.8 Å². The number of nitrogens with zero attached hydrogens (tertiary/aromatic N) is 2. The van der Waals surface area contributed by atoms with Crippen molar-refractivity contribution in [2.75, 3.05) is 0 Å². The van der Waals surface area contributed by atoms with Gasteiger partial charge in [-0.25, -0.2) is 8.78 Å². The molecule has 0 saturated heterocycles. The van der Waals surface area contributed by atoms with Crippen molar-refractivity contribution >= 4 is 11.8 Å². The standard InChI is InChI=1S/C14H16F2N2S/c1-10-14(11(2)18(17-10)8-13(15)16)19-9-12-6-4-3-5-7-12/h3-7,13H,8-9H2,1-2H3. The predicted molar refractivity (Wildman–Crippen MR) is 73.7 cm³/mol. The fourth-order valence-electron chi connectivity index (χ4n) is 1.93. The lowest BCUT2D eigenvalue weighted by Gasteiger charge is -2.05. The number of aromatic nitrogens is 2. The van der Waals surface area contributed by atoms with Gasteiger partial charge in [0.1, 0.15) is 6.54 Å². The summed E-state index contributed by atoms with van der Waals surface area (Å²) in [7, 11) is 0. The van der Waals surface area contributed by atoms with Crippen LogP contribution in [-0.2, 0) is 12.3 Å². The van der Waals surface area contributed by atoms with Gasteiger partial charge in [0.2, 0.25) is 0 Å². The van der Waals surface area contributed by atoms with E-state index in [4.69, 9.17) is 0 Å². The zero-order valence-corrected chi connectivity index (χ0v) is 11.8. The lowest BCUT2D eigenvalue weighted by atomic mass is 10.2. The molecular weight excluding hydrogens is 266 g/mol. The van der Waals surface area contributed by atoms with Crippen LogP contribution in [0.1, 0.15) is 17.0 Å². The summed E-state index contributed by atoms with van der Waals surface area (Å²) in [5.41, 5.74) is 2.85. The van der Waals surface area contributed by atoms with E-state index in [1.165, 1.54) is 10.2 Å². The molecule has 0 aliphatic heterocycles. The molecule has 0 saturated carbocycles. The molecule has 5 heteroatoms. The highest BCUT2D eigenvalue weighted by Gasteiger charge is 2.14. The van der Waals surface area contributed by atoms with Crippen LogP contribution >= 0.6 is 11.8 Å². The van der Waals surface area contributed by atoms with Crippen molar-refractivity contribution in [2.45, 2.75) is 37.5 Å². The number of aryl methyl sites for hydroxylation is 1. The monoisotopic (exact) mass is 282 g/mol. The molecule has 1 aromatic carbocycles. The van der Waals surface area contributed by atoms with Crippen molar-refractivity contribution in [1.29, 1.82) is 0 Å². The summed E-state index contributed by atoms with van der Waals surface area (Å²) in [6.45, 7) is 3.37. The lowest BCUT2D eigenvalue weighted by Crippen LogP contribution is -2.09. The Balaban J connectivity index is 2.10. The molecule has 2 rings (SSSR count). The number of rotatable bonds is 5. The van der Waals surface area contributed by atoms with E-state index in [-0.39, 0.29) is 6.54 Å². The molecule has 0 unspecified atom stereocenters. The Morgan fingerprint density at radius 1 is 1.21 bits per heavy atom. The molecule has 2 nitrogen and oxygen atoms in total.